The zero-order valence-corrected chi connectivity index (χ0v) is 11.8. The maximum atomic E-state index is 11.9. The predicted molar refractivity (Wildman–Crippen MR) is 78.1 cm³/mol. The van der Waals surface area contributed by atoms with Crippen molar-refractivity contribution >= 4 is 17.5 Å². The monoisotopic (exact) mass is 289 g/mol. The molecule has 0 spiro atoms. The molecule has 6 heteroatoms. The Balaban J connectivity index is 1.64. The van der Waals surface area contributed by atoms with Gasteiger partial charge in [-0.1, -0.05) is 6.07 Å². The molecule has 3 N–H and O–H groups in total. The number of hydrogen-bond acceptors (Lipinski definition) is 4. The number of nitrogens with one attached hydrogen (secondary N) is 3. The molecule has 2 aliphatic rings. The highest BCUT2D eigenvalue weighted by Crippen LogP contribution is 2.28. The molecule has 0 radical (unpaired) electrons. The number of rotatable bonds is 3. The summed E-state index contributed by atoms with van der Waals surface area (Å²) in [5.74, 6) is 0.614. The maximum absolute atomic E-state index is 11.9. The summed E-state index contributed by atoms with van der Waals surface area (Å²) in [5.41, 5.74) is 1.70. The lowest BCUT2D eigenvalue weighted by Crippen LogP contribution is -2.42. The second-order valence-corrected chi connectivity index (χ2v) is 5.39. The summed E-state index contributed by atoms with van der Waals surface area (Å²) in [4.78, 5) is 23.2. The lowest BCUT2D eigenvalue weighted by atomic mass is 10.1. The number of hydrogen-bond donors (Lipinski definition) is 3. The third kappa shape index (κ3) is 3.33. The Morgan fingerprint density at radius 2 is 2.19 bits per heavy atom. The van der Waals surface area contributed by atoms with Crippen molar-refractivity contribution in [2.24, 2.45) is 0 Å². The van der Waals surface area contributed by atoms with Gasteiger partial charge in [0.25, 0.3) is 5.91 Å². The molecule has 112 valence electrons. The molecule has 6 nitrogen and oxygen atoms in total. The molecule has 1 unspecified atom stereocenters. The van der Waals surface area contributed by atoms with Crippen molar-refractivity contribution in [3.8, 4) is 5.75 Å². The quantitative estimate of drug-likeness (QED) is 0.768. The number of amides is 2. The number of benzene rings is 1. The second kappa shape index (κ2) is 6.13. The van der Waals surface area contributed by atoms with Gasteiger partial charge in [0, 0.05) is 13.1 Å². The minimum atomic E-state index is -0.144. The summed E-state index contributed by atoms with van der Waals surface area (Å²) in [6.07, 6.45) is 2.94. The van der Waals surface area contributed by atoms with Crippen molar-refractivity contribution in [1.82, 2.24) is 10.6 Å². The number of carbonyl (C=O) groups is 2. The highest BCUT2D eigenvalue weighted by molar-refractivity contribution is 5.95. The van der Waals surface area contributed by atoms with Gasteiger partial charge in [0.05, 0.1) is 11.7 Å². The molecular weight excluding hydrogens is 270 g/mol. The predicted octanol–water partition coefficient (Wildman–Crippen LogP) is 0.776. The lowest BCUT2D eigenvalue weighted by molar-refractivity contribution is -0.123. The summed E-state index contributed by atoms with van der Waals surface area (Å²) in [6.45, 7) is 1.41. The van der Waals surface area contributed by atoms with Crippen molar-refractivity contribution < 1.29 is 14.3 Å². The van der Waals surface area contributed by atoms with Gasteiger partial charge in [-0.15, -0.1) is 0 Å². The highest BCUT2D eigenvalue weighted by atomic mass is 16.5. The highest BCUT2D eigenvalue weighted by Gasteiger charge is 2.20. The van der Waals surface area contributed by atoms with Crippen molar-refractivity contribution in [2.75, 3.05) is 18.5 Å². The Morgan fingerprint density at radius 3 is 3.10 bits per heavy atom. The van der Waals surface area contributed by atoms with E-state index in [4.69, 9.17) is 4.74 Å². The fourth-order valence-electron chi connectivity index (χ4n) is 2.62. The Hall–Kier alpha value is -2.08. The molecule has 2 heterocycles. The van der Waals surface area contributed by atoms with Gasteiger partial charge >= 0.3 is 0 Å². The summed E-state index contributed by atoms with van der Waals surface area (Å²) in [7, 11) is 0. The summed E-state index contributed by atoms with van der Waals surface area (Å²) in [6, 6.07) is 5.53. The van der Waals surface area contributed by atoms with E-state index in [0.29, 0.717) is 18.0 Å². The minimum Gasteiger partial charge on any atom is -0.482 e. The molecule has 0 bridgehead atoms. The van der Waals surface area contributed by atoms with Crippen LogP contribution in [0.3, 0.4) is 0 Å². The van der Waals surface area contributed by atoms with E-state index in [9.17, 15) is 9.59 Å². The smallest absolute Gasteiger partial charge is 0.262 e. The topological polar surface area (TPSA) is 79.5 Å². The number of anilines is 1. The van der Waals surface area contributed by atoms with Crippen LogP contribution in [0.4, 0.5) is 5.69 Å². The van der Waals surface area contributed by atoms with Crippen molar-refractivity contribution in [1.29, 1.82) is 0 Å². The van der Waals surface area contributed by atoms with E-state index in [0.717, 1.165) is 31.4 Å². The Labute approximate surface area is 123 Å². The summed E-state index contributed by atoms with van der Waals surface area (Å²) in [5, 5.41) is 8.97. The van der Waals surface area contributed by atoms with E-state index < -0.39 is 0 Å². The summed E-state index contributed by atoms with van der Waals surface area (Å²) >= 11 is 0. The molecule has 0 aliphatic carbocycles. The normalized spacial score (nSPS) is 21.6. The van der Waals surface area contributed by atoms with E-state index in [1.54, 1.807) is 0 Å². The average Bonchev–Trinajstić information content (AvgIpc) is 2.69. The molecule has 1 aromatic carbocycles. The van der Waals surface area contributed by atoms with Crippen LogP contribution < -0.4 is 20.7 Å². The van der Waals surface area contributed by atoms with Crippen molar-refractivity contribution in [2.45, 2.75) is 31.8 Å². The third-order valence-electron chi connectivity index (χ3n) is 3.76. The lowest BCUT2D eigenvalue weighted by Gasteiger charge is -2.19. The van der Waals surface area contributed by atoms with Crippen LogP contribution in [0, 0.1) is 0 Å². The standard InChI is InChI=1S/C15H19N3O3/c19-14-9-21-13-5-4-10(7-12(13)18-14)8-17-11-3-1-2-6-16-15(11)20/h4-5,7,11,17H,1-3,6,8-9H2,(H,16,20)(H,18,19). The Bertz CT molecular complexity index is 559. The fourth-order valence-corrected chi connectivity index (χ4v) is 2.62. The third-order valence-corrected chi connectivity index (χ3v) is 3.76. The van der Waals surface area contributed by atoms with Gasteiger partial charge in [0.15, 0.2) is 6.61 Å². The first-order valence-corrected chi connectivity index (χ1v) is 7.29. The summed E-state index contributed by atoms with van der Waals surface area (Å²) < 4.78 is 5.32. The number of fused-ring (bicyclic) bond motifs is 1. The Kier molecular flexibility index (Phi) is 4.06. The zero-order valence-electron chi connectivity index (χ0n) is 11.8. The molecule has 2 aliphatic heterocycles. The van der Waals surface area contributed by atoms with E-state index in [2.05, 4.69) is 16.0 Å². The number of ether oxygens (including phenoxy) is 1. The van der Waals surface area contributed by atoms with Gasteiger partial charge in [0.2, 0.25) is 5.91 Å². The SMILES string of the molecule is O=C1COc2ccc(CNC3CCCCNC3=O)cc2N1. The average molecular weight is 289 g/mol. The fraction of sp³-hybridized carbons (Fsp3) is 0.467. The van der Waals surface area contributed by atoms with Gasteiger partial charge in [0.1, 0.15) is 5.75 Å². The molecule has 1 saturated heterocycles. The van der Waals surface area contributed by atoms with E-state index in [1.807, 2.05) is 18.2 Å². The van der Waals surface area contributed by atoms with Crippen LogP contribution in [0.15, 0.2) is 18.2 Å². The maximum Gasteiger partial charge on any atom is 0.262 e. The molecule has 1 aromatic rings. The molecule has 1 fully saturated rings. The molecule has 0 saturated carbocycles. The second-order valence-electron chi connectivity index (χ2n) is 5.39. The van der Waals surface area contributed by atoms with Crippen LogP contribution in [0.2, 0.25) is 0 Å². The van der Waals surface area contributed by atoms with Crippen LogP contribution >= 0.6 is 0 Å². The van der Waals surface area contributed by atoms with E-state index >= 15 is 0 Å². The minimum absolute atomic E-state index is 0.0623. The van der Waals surface area contributed by atoms with Crippen LogP contribution in [0.1, 0.15) is 24.8 Å². The number of carbonyl (C=O) groups excluding carboxylic acids is 2. The Morgan fingerprint density at radius 1 is 1.29 bits per heavy atom. The molecule has 1 atom stereocenters. The van der Waals surface area contributed by atoms with Crippen molar-refractivity contribution in [3.05, 3.63) is 23.8 Å². The first kappa shape index (κ1) is 13.9. The molecule has 3 rings (SSSR count). The first-order valence-electron chi connectivity index (χ1n) is 7.29. The van der Waals surface area contributed by atoms with Gasteiger partial charge in [-0.3, -0.25) is 9.59 Å². The van der Waals surface area contributed by atoms with Crippen molar-refractivity contribution in [3.63, 3.8) is 0 Å². The molecular formula is C15H19N3O3. The molecule has 2 amide bonds. The van der Waals surface area contributed by atoms with Gasteiger partial charge < -0.3 is 20.7 Å². The zero-order chi connectivity index (χ0) is 14.7. The van der Waals surface area contributed by atoms with E-state index in [-0.39, 0.29) is 24.5 Å². The largest absolute Gasteiger partial charge is 0.482 e. The first-order chi connectivity index (χ1) is 10.2. The van der Waals surface area contributed by atoms with E-state index in [1.165, 1.54) is 0 Å². The van der Waals surface area contributed by atoms with Gasteiger partial charge in [-0.2, -0.15) is 0 Å². The van der Waals surface area contributed by atoms with Crippen LogP contribution in [0.25, 0.3) is 0 Å². The van der Waals surface area contributed by atoms with Gasteiger partial charge in [-0.25, -0.2) is 0 Å². The molecule has 0 aromatic heterocycles. The molecule has 21 heavy (non-hydrogen) atoms. The van der Waals surface area contributed by atoms with Crippen LogP contribution in [0.5, 0.6) is 5.75 Å². The van der Waals surface area contributed by atoms with Crippen LogP contribution in [-0.4, -0.2) is 31.0 Å². The van der Waals surface area contributed by atoms with Crippen LogP contribution in [-0.2, 0) is 16.1 Å². The van der Waals surface area contributed by atoms with Gasteiger partial charge in [-0.05, 0) is 37.0 Å².